The molecule has 0 bridgehead atoms. The van der Waals surface area contributed by atoms with Gasteiger partial charge in [-0.3, -0.25) is 4.79 Å². The highest BCUT2D eigenvalue weighted by atomic mass is 32.2. The van der Waals surface area contributed by atoms with Crippen LogP contribution in [0.3, 0.4) is 0 Å². The highest BCUT2D eigenvalue weighted by Crippen LogP contribution is 2.26. The molecule has 1 heterocycles. The summed E-state index contributed by atoms with van der Waals surface area (Å²) in [6, 6.07) is 2.49. The van der Waals surface area contributed by atoms with Crippen LogP contribution in [-0.2, 0) is 14.8 Å². The lowest BCUT2D eigenvalue weighted by molar-refractivity contribution is -0.126. The van der Waals surface area contributed by atoms with Gasteiger partial charge in [0.05, 0.1) is 0 Å². The summed E-state index contributed by atoms with van der Waals surface area (Å²) >= 11 is 0. The molecule has 5 nitrogen and oxygen atoms in total. The molecule has 0 radical (unpaired) electrons. The van der Waals surface area contributed by atoms with Gasteiger partial charge < -0.3 is 5.32 Å². The van der Waals surface area contributed by atoms with E-state index in [2.05, 4.69) is 5.32 Å². The Morgan fingerprint density at radius 2 is 1.84 bits per heavy atom. The zero-order valence-corrected chi connectivity index (χ0v) is 15.3. The van der Waals surface area contributed by atoms with Crippen molar-refractivity contribution in [3.05, 3.63) is 29.8 Å². The van der Waals surface area contributed by atoms with Gasteiger partial charge >= 0.3 is 0 Å². The van der Waals surface area contributed by atoms with E-state index in [0.717, 1.165) is 29.3 Å². The third kappa shape index (κ3) is 4.55. The molecule has 1 aliphatic heterocycles. The summed E-state index contributed by atoms with van der Waals surface area (Å²) in [5, 5.41) is 2.97. The molecule has 25 heavy (non-hydrogen) atoms. The van der Waals surface area contributed by atoms with Gasteiger partial charge in [0.15, 0.2) is 0 Å². The Morgan fingerprint density at radius 3 is 2.40 bits per heavy atom. The van der Waals surface area contributed by atoms with Crippen molar-refractivity contribution in [2.24, 2.45) is 5.92 Å². The summed E-state index contributed by atoms with van der Waals surface area (Å²) in [5.74, 6) is -2.11. The third-order valence-electron chi connectivity index (χ3n) is 4.67. The summed E-state index contributed by atoms with van der Waals surface area (Å²) in [6.07, 6.45) is 2.41. The molecule has 0 aliphatic carbocycles. The molecule has 0 saturated carbocycles. The lowest BCUT2D eigenvalue weighted by atomic mass is 9.96. The number of rotatable bonds is 6. The van der Waals surface area contributed by atoms with Crippen LogP contribution in [0.25, 0.3) is 0 Å². The number of carbonyl (C=O) groups is 1. The number of carbonyl (C=O) groups excluding carboxylic acids is 1. The van der Waals surface area contributed by atoms with Crippen molar-refractivity contribution < 1.29 is 22.0 Å². The standard InChI is InChI=1S/C17H24F2N2O3S/c1-3-14(4-2)20-17(22)12-7-9-21(10-8-12)25(23,24)16-11-13(18)5-6-15(16)19/h5-6,11-12,14H,3-4,7-10H2,1-2H3,(H,20,22). The van der Waals surface area contributed by atoms with E-state index < -0.39 is 26.6 Å². The van der Waals surface area contributed by atoms with E-state index in [1.54, 1.807) is 0 Å². The van der Waals surface area contributed by atoms with E-state index in [-0.39, 0.29) is 31.0 Å². The SMILES string of the molecule is CCC(CC)NC(=O)C1CCN(S(=O)(=O)c2cc(F)ccc2F)CC1. The fraction of sp³-hybridized carbons (Fsp3) is 0.588. The Kier molecular flexibility index (Phi) is 6.51. The second kappa shape index (κ2) is 8.23. The minimum absolute atomic E-state index is 0.0670. The van der Waals surface area contributed by atoms with Crippen LogP contribution in [0.2, 0.25) is 0 Å². The average molecular weight is 374 g/mol. The molecule has 1 saturated heterocycles. The van der Waals surface area contributed by atoms with Crippen LogP contribution in [-0.4, -0.2) is 37.8 Å². The van der Waals surface area contributed by atoms with Crippen molar-refractivity contribution in [3.63, 3.8) is 0 Å². The predicted octanol–water partition coefficient (Wildman–Crippen LogP) is 2.67. The second-order valence-corrected chi connectivity index (χ2v) is 8.18. The first-order chi connectivity index (χ1) is 11.8. The highest BCUT2D eigenvalue weighted by molar-refractivity contribution is 7.89. The van der Waals surface area contributed by atoms with Gasteiger partial charge in [-0.1, -0.05) is 13.8 Å². The highest BCUT2D eigenvalue weighted by Gasteiger charge is 2.34. The summed E-state index contributed by atoms with van der Waals surface area (Å²) in [7, 11) is -4.11. The number of amides is 1. The Morgan fingerprint density at radius 1 is 1.24 bits per heavy atom. The molecule has 1 fully saturated rings. The molecule has 1 aromatic carbocycles. The molecule has 0 atom stereocenters. The molecule has 1 aromatic rings. The van der Waals surface area contributed by atoms with Gasteiger partial charge in [0.2, 0.25) is 15.9 Å². The third-order valence-corrected chi connectivity index (χ3v) is 6.58. The van der Waals surface area contributed by atoms with Gasteiger partial charge in [-0.25, -0.2) is 17.2 Å². The van der Waals surface area contributed by atoms with E-state index in [4.69, 9.17) is 0 Å². The predicted molar refractivity (Wildman–Crippen MR) is 90.4 cm³/mol. The van der Waals surface area contributed by atoms with Gasteiger partial charge in [0.1, 0.15) is 16.5 Å². The van der Waals surface area contributed by atoms with E-state index in [9.17, 15) is 22.0 Å². The van der Waals surface area contributed by atoms with Crippen LogP contribution < -0.4 is 5.32 Å². The monoisotopic (exact) mass is 374 g/mol. The molecule has 140 valence electrons. The Bertz CT molecular complexity index is 713. The van der Waals surface area contributed by atoms with Crippen molar-refractivity contribution >= 4 is 15.9 Å². The fourth-order valence-electron chi connectivity index (χ4n) is 2.98. The normalized spacial score (nSPS) is 17.0. The number of benzene rings is 1. The van der Waals surface area contributed by atoms with Crippen molar-refractivity contribution in [2.45, 2.75) is 50.5 Å². The maximum absolute atomic E-state index is 13.8. The summed E-state index contributed by atoms with van der Waals surface area (Å²) in [4.78, 5) is 11.6. The van der Waals surface area contributed by atoms with E-state index in [0.29, 0.717) is 18.9 Å². The van der Waals surface area contributed by atoms with Crippen LogP contribution in [0.1, 0.15) is 39.5 Å². The number of hydrogen-bond acceptors (Lipinski definition) is 3. The lowest BCUT2D eigenvalue weighted by Gasteiger charge is -2.31. The smallest absolute Gasteiger partial charge is 0.246 e. The first-order valence-corrected chi connectivity index (χ1v) is 9.99. The number of nitrogens with one attached hydrogen (secondary N) is 1. The molecule has 0 spiro atoms. The quantitative estimate of drug-likeness (QED) is 0.832. The summed E-state index contributed by atoms with van der Waals surface area (Å²) in [6.45, 7) is 4.22. The van der Waals surface area contributed by atoms with Crippen molar-refractivity contribution in [1.82, 2.24) is 9.62 Å². The molecule has 2 rings (SSSR count). The molecule has 1 amide bonds. The van der Waals surface area contributed by atoms with Crippen LogP contribution in [0.15, 0.2) is 23.1 Å². The van der Waals surface area contributed by atoms with E-state index in [1.807, 2.05) is 13.8 Å². The van der Waals surface area contributed by atoms with Gasteiger partial charge in [-0.05, 0) is 43.9 Å². The fourth-order valence-corrected chi connectivity index (χ4v) is 4.53. The van der Waals surface area contributed by atoms with Crippen molar-refractivity contribution in [3.8, 4) is 0 Å². The molecule has 0 aromatic heterocycles. The van der Waals surface area contributed by atoms with Crippen LogP contribution >= 0.6 is 0 Å². The van der Waals surface area contributed by atoms with Crippen molar-refractivity contribution in [1.29, 1.82) is 0 Å². The molecular weight excluding hydrogens is 350 g/mol. The van der Waals surface area contributed by atoms with Crippen LogP contribution in [0, 0.1) is 17.6 Å². The minimum Gasteiger partial charge on any atom is -0.353 e. The Labute approximate surface area is 147 Å². The van der Waals surface area contributed by atoms with Crippen LogP contribution in [0.4, 0.5) is 8.78 Å². The number of piperidine rings is 1. The molecule has 8 heteroatoms. The summed E-state index contributed by atoms with van der Waals surface area (Å²) in [5.41, 5.74) is 0. The topological polar surface area (TPSA) is 66.5 Å². The summed E-state index contributed by atoms with van der Waals surface area (Å²) < 4.78 is 53.3. The van der Waals surface area contributed by atoms with Gasteiger partial charge in [0, 0.05) is 25.0 Å². The first kappa shape index (κ1) is 19.8. The van der Waals surface area contributed by atoms with E-state index in [1.165, 1.54) is 0 Å². The Balaban J connectivity index is 2.04. The largest absolute Gasteiger partial charge is 0.353 e. The van der Waals surface area contributed by atoms with Gasteiger partial charge in [-0.15, -0.1) is 0 Å². The number of hydrogen-bond donors (Lipinski definition) is 1. The lowest BCUT2D eigenvalue weighted by Crippen LogP contribution is -2.45. The maximum Gasteiger partial charge on any atom is 0.246 e. The van der Waals surface area contributed by atoms with Crippen LogP contribution in [0.5, 0.6) is 0 Å². The van der Waals surface area contributed by atoms with E-state index >= 15 is 0 Å². The molecular formula is C17H24F2N2O3S. The zero-order chi connectivity index (χ0) is 18.6. The number of nitrogens with zero attached hydrogens (tertiary/aromatic N) is 1. The molecule has 0 unspecified atom stereocenters. The van der Waals surface area contributed by atoms with Gasteiger partial charge in [0.25, 0.3) is 0 Å². The number of sulfonamides is 1. The zero-order valence-electron chi connectivity index (χ0n) is 14.5. The Hall–Kier alpha value is -1.54. The molecule has 1 aliphatic rings. The average Bonchev–Trinajstić information content (AvgIpc) is 2.61. The van der Waals surface area contributed by atoms with Crippen molar-refractivity contribution in [2.75, 3.05) is 13.1 Å². The first-order valence-electron chi connectivity index (χ1n) is 8.55. The second-order valence-electron chi connectivity index (χ2n) is 6.28. The van der Waals surface area contributed by atoms with Gasteiger partial charge in [-0.2, -0.15) is 4.31 Å². The minimum atomic E-state index is -4.11. The maximum atomic E-state index is 13.8. The number of halogens is 2. The molecule has 1 N–H and O–H groups in total.